The van der Waals surface area contributed by atoms with Crippen LogP contribution in [0, 0.1) is 17.2 Å². The van der Waals surface area contributed by atoms with E-state index in [0.29, 0.717) is 18.7 Å². The van der Waals surface area contributed by atoms with Crippen LogP contribution in [0.5, 0.6) is 0 Å². The predicted molar refractivity (Wildman–Crippen MR) is 77.1 cm³/mol. The van der Waals surface area contributed by atoms with Gasteiger partial charge in [0.15, 0.2) is 0 Å². The summed E-state index contributed by atoms with van der Waals surface area (Å²) in [4.78, 5) is 4.29. The van der Waals surface area contributed by atoms with Gasteiger partial charge in [-0.2, -0.15) is 5.26 Å². The second kappa shape index (κ2) is 6.51. The fourth-order valence-electron chi connectivity index (χ4n) is 2.05. The number of rotatable bonds is 6. The van der Waals surface area contributed by atoms with E-state index >= 15 is 0 Å². The van der Waals surface area contributed by atoms with Gasteiger partial charge in [0.25, 0.3) is 0 Å². The average molecular weight is 272 g/mol. The van der Waals surface area contributed by atoms with E-state index in [9.17, 15) is 5.11 Å². The van der Waals surface area contributed by atoms with Crippen molar-refractivity contribution in [1.82, 2.24) is 14.7 Å². The number of nitrogens with one attached hydrogen (secondary N) is 1. The van der Waals surface area contributed by atoms with Crippen LogP contribution in [-0.4, -0.2) is 27.1 Å². The monoisotopic (exact) mass is 272 g/mol. The first-order valence-corrected chi connectivity index (χ1v) is 6.90. The lowest BCUT2D eigenvalue weighted by molar-refractivity contribution is 0.112. The maximum atomic E-state index is 9.91. The lowest BCUT2D eigenvalue weighted by Crippen LogP contribution is -2.31. The van der Waals surface area contributed by atoms with Gasteiger partial charge in [0, 0.05) is 19.3 Å². The number of aliphatic hydroxyl groups is 1. The lowest BCUT2D eigenvalue weighted by atomic mass is 10.0. The molecular weight excluding hydrogens is 252 g/mol. The SMILES string of the molecule is CCC(C)C(O)CNCc1cnc2ccc(C#N)cn12. The van der Waals surface area contributed by atoms with Crippen LogP contribution < -0.4 is 5.32 Å². The first-order valence-electron chi connectivity index (χ1n) is 6.90. The summed E-state index contributed by atoms with van der Waals surface area (Å²) in [7, 11) is 0. The minimum atomic E-state index is -0.339. The second-order valence-electron chi connectivity index (χ2n) is 5.09. The molecule has 20 heavy (non-hydrogen) atoms. The summed E-state index contributed by atoms with van der Waals surface area (Å²) in [6.45, 7) is 5.28. The van der Waals surface area contributed by atoms with E-state index in [1.54, 1.807) is 18.5 Å². The Kier molecular flexibility index (Phi) is 4.72. The van der Waals surface area contributed by atoms with Gasteiger partial charge in [0.2, 0.25) is 0 Å². The van der Waals surface area contributed by atoms with Crippen LogP contribution in [0.3, 0.4) is 0 Å². The molecule has 0 saturated carbocycles. The van der Waals surface area contributed by atoms with E-state index in [1.807, 2.05) is 17.4 Å². The fourth-order valence-corrected chi connectivity index (χ4v) is 2.05. The highest BCUT2D eigenvalue weighted by molar-refractivity contribution is 5.44. The zero-order chi connectivity index (χ0) is 14.5. The van der Waals surface area contributed by atoms with E-state index in [1.165, 1.54) is 0 Å². The van der Waals surface area contributed by atoms with Crippen LogP contribution in [0.15, 0.2) is 24.5 Å². The maximum Gasteiger partial charge on any atom is 0.137 e. The van der Waals surface area contributed by atoms with Crippen LogP contribution in [-0.2, 0) is 6.54 Å². The first kappa shape index (κ1) is 14.5. The van der Waals surface area contributed by atoms with E-state index < -0.39 is 0 Å². The van der Waals surface area contributed by atoms with E-state index in [2.05, 4.69) is 23.3 Å². The third-order valence-corrected chi connectivity index (χ3v) is 3.67. The number of imidazole rings is 1. The zero-order valence-electron chi connectivity index (χ0n) is 11.9. The number of hydrogen-bond donors (Lipinski definition) is 2. The van der Waals surface area contributed by atoms with Gasteiger partial charge in [0.05, 0.1) is 23.6 Å². The normalized spacial score (nSPS) is 14.1. The maximum absolute atomic E-state index is 9.91. The number of aliphatic hydroxyl groups excluding tert-OH is 1. The molecule has 0 saturated heterocycles. The number of aromatic nitrogens is 2. The summed E-state index contributed by atoms with van der Waals surface area (Å²) in [6, 6.07) is 5.71. The van der Waals surface area contributed by atoms with Crippen molar-refractivity contribution in [3.63, 3.8) is 0 Å². The van der Waals surface area contributed by atoms with Gasteiger partial charge in [-0.15, -0.1) is 0 Å². The van der Waals surface area contributed by atoms with E-state index in [4.69, 9.17) is 5.26 Å². The Labute approximate surface area is 118 Å². The molecule has 0 spiro atoms. The minimum Gasteiger partial charge on any atom is -0.392 e. The number of fused-ring (bicyclic) bond motifs is 1. The van der Waals surface area contributed by atoms with Crippen LogP contribution in [0.4, 0.5) is 0 Å². The van der Waals surface area contributed by atoms with Gasteiger partial charge in [0.1, 0.15) is 11.7 Å². The molecule has 0 radical (unpaired) electrons. The third-order valence-electron chi connectivity index (χ3n) is 3.67. The average Bonchev–Trinajstić information content (AvgIpc) is 2.88. The van der Waals surface area contributed by atoms with E-state index in [0.717, 1.165) is 17.8 Å². The summed E-state index contributed by atoms with van der Waals surface area (Å²) in [5.74, 6) is 0.287. The van der Waals surface area contributed by atoms with Crippen molar-refractivity contribution in [1.29, 1.82) is 5.26 Å². The number of pyridine rings is 1. The van der Waals surface area contributed by atoms with Gasteiger partial charge >= 0.3 is 0 Å². The largest absolute Gasteiger partial charge is 0.392 e. The number of nitriles is 1. The Morgan fingerprint density at radius 2 is 2.30 bits per heavy atom. The molecule has 2 aromatic rings. The van der Waals surface area contributed by atoms with Crippen molar-refractivity contribution in [2.45, 2.75) is 32.9 Å². The van der Waals surface area contributed by atoms with Crippen LogP contribution in [0.2, 0.25) is 0 Å². The smallest absolute Gasteiger partial charge is 0.137 e. The quantitative estimate of drug-likeness (QED) is 0.839. The van der Waals surface area contributed by atoms with Gasteiger partial charge in [-0.3, -0.25) is 0 Å². The molecule has 0 aromatic carbocycles. The molecule has 2 aromatic heterocycles. The summed E-state index contributed by atoms with van der Waals surface area (Å²) >= 11 is 0. The van der Waals surface area contributed by atoms with Crippen molar-refractivity contribution in [2.75, 3.05) is 6.54 Å². The minimum absolute atomic E-state index is 0.287. The molecule has 5 nitrogen and oxygen atoms in total. The molecule has 0 bridgehead atoms. The van der Waals surface area contributed by atoms with Gasteiger partial charge in [-0.1, -0.05) is 20.3 Å². The van der Waals surface area contributed by atoms with Crippen LogP contribution in [0.1, 0.15) is 31.5 Å². The third kappa shape index (κ3) is 3.16. The van der Waals surface area contributed by atoms with Crippen molar-refractivity contribution in [3.8, 4) is 6.07 Å². The topological polar surface area (TPSA) is 73.3 Å². The van der Waals surface area contributed by atoms with Crippen molar-refractivity contribution in [3.05, 3.63) is 35.8 Å². The molecule has 5 heteroatoms. The number of nitrogens with zero attached hydrogens (tertiary/aromatic N) is 3. The summed E-state index contributed by atoms with van der Waals surface area (Å²) < 4.78 is 1.90. The Hall–Kier alpha value is -1.90. The second-order valence-corrected chi connectivity index (χ2v) is 5.09. The number of hydrogen-bond acceptors (Lipinski definition) is 4. The fraction of sp³-hybridized carbons (Fsp3) is 0.467. The van der Waals surface area contributed by atoms with Crippen molar-refractivity contribution >= 4 is 5.65 Å². The van der Waals surface area contributed by atoms with Crippen LogP contribution in [0.25, 0.3) is 5.65 Å². The molecule has 0 amide bonds. The molecule has 2 unspecified atom stereocenters. The molecule has 2 heterocycles. The first-order chi connectivity index (χ1) is 9.65. The Balaban J connectivity index is 2.02. The molecule has 2 rings (SSSR count). The predicted octanol–water partition coefficient (Wildman–Crippen LogP) is 1.70. The molecule has 2 N–H and O–H groups in total. The zero-order valence-corrected chi connectivity index (χ0v) is 11.9. The molecule has 2 atom stereocenters. The Morgan fingerprint density at radius 3 is 3.00 bits per heavy atom. The molecule has 0 aliphatic rings. The summed E-state index contributed by atoms with van der Waals surface area (Å²) in [5.41, 5.74) is 2.41. The molecule has 106 valence electrons. The van der Waals surface area contributed by atoms with Gasteiger partial charge in [-0.05, 0) is 18.1 Å². The van der Waals surface area contributed by atoms with Crippen molar-refractivity contribution < 1.29 is 5.11 Å². The molecule has 0 aliphatic carbocycles. The van der Waals surface area contributed by atoms with Crippen molar-refractivity contribution in [2.24, 2.45) is 5.92 Å². The lowest BCUT2D eigenvalue weighted by Gasteiger charge is -2.17. The summed E-state index contributed by atoms with van der Waals surface area (Å²) in [5, 5.41) is 22.1. The highest BCUT2D eigenvalue weighted by Crippen LogP contribution is 2.09. The standard InChI is InChI=1S/C15H20N4O/c1-3-11(2)14(20)9-17-7-13-8-18-15-5-4-12(6-16)10-19(13)15/h4-5,8,10-11,14,17,20H,3,7,9H2,1-2H3. The molecule has 0 fully saturated rings. The van der Waals surface area contributed by atoms with Crippen LogP contribution >= 0.6 is 0 Å². The molecular formula is C15H20N4O. The van der Waals surface area contributed by atoms with Gasteiger partial charge < -0.3 is 14.8 Å². The summed E-state index contributed by atoms with van der Waals surface area (Å²) in [6.07, 6.45) is 4.20. The Bertz CT molecular complexity index is 614. The highest BCUT2D eigenvalue weighted by atomic mass is 16.3. The Morgan fingerprint density at radius 1 is 1.50 bits per heavy atom. The molecule has 0 aliphatic heterocycles. The van der Waals surface area contributed by atoms with Gasteiger partial charge in [-0.25, -0.2) is 4.98 Å². The van der Waals surface area contributed by atoms with E-state index in [-0.39, 0.29) is 12.0 Å². The highest BCUT2D eigenvalue weighted by Gasteiger charge is 2.12.